The number of amides is 1. The van der Waals surface area contributed by atoms with Gasteiger partial charge in [-0.15, -0.1) is 21.5 Å². The molecule has 0 radical (unpaired) electrons. The standard InChI is InChI=1S/C23H28N4O4S2/c1-5-30-22(29)19-16-8-6-7-9-17(16)33-21(19)24-18(28)12-32-23-26-25-20(27(23)13(2)3)15-10-11-31-14(15)4/h10-11,13H,5-9,12H2,1-4H3,(H,24,28). The number of carbonyl (C=O) groups is 2. The summed E-state index contributed by atoms with van der Waals surface area (Å²) in [5.41, 5.74) is 2.45. The van der Waals surface area contributed by atoms with Crippen LogP contribution in [0.3, 0.4) is 0 Å². The van der Waals surface area contributed by atoms with Crippen molar-refractivity contribution in [2.24, 2.45) is 0 Å². The molecule has 0 saturated carbocycles. The van der Waals surface area contributed by atoms with Crippen LogP contribution < -0.4 is 5.32 Å². The Morgan fingerprint density at radius 1 is 1.30 bits per heavy atom. The van der Waals surface area contributed by atoms with E-state index in [9.17, 15) is 9.59 Å². The van der Waals surface area contributed by atoms with Crippen molar-refractivity contribution in [1.82, 2.24) is 14.8 Å². The summed E-state index contributed by atoms with van der Waals surface area (Å²) in [6, 6.07) is 1.98. The molecule has 0 bridgehead atoms. The number of hydrogen-bond donors (Lipinski definition) is 1. The van der Waals surface area contributed by atoms with Crippen LogP contribution in [0.5, 0.6) is 0 Å². The van der Waals surface area contributed by atoms with E-state index in [4.69, 9.17) is 9.15 Å². The van der Waals surface area contributed by atoms with Crippen LogP contribution >= 0.6 is 23.1 Å². The molecular formula is C23H28N4O4S2. The number of anilines is 1. The van der Waals surface area contributed by atoms with Gasteiger partial charge in [-0.05, 0) is 65.0 Å². The average Bonchev–Trinajstić information content (AvgIpc) is 3.48. The predicted octanol–water partition coefficient (Wildman–Crippen LogP) is 5.28. The molecule has 176 valence electrons. The molecule has 1 amide bonds. The Balaban J connectivity index is 1.51. The minimum absolute atomic E-state index is 0.106. The van der Waals surface area contributed by atoms with Crippen molar-refractivity contribution in [2.75, 3.05) is 17.7 Å². The maximum atomic E-state index is 12.9. The highest BCUT2D eigenvalue weighted by Crippen LogP contribution is 2.39. The summed E-state index contributed by atoms with van der Waals surface area (Å²) >= 11 is 2.81. The van der Waals surface area contributed by atoms with Gasteiger partial charge in [0.15, 0.2) is 11.0 Å². The molecule has 3 aromatic rings. The third-order valence-electron chi connectivity index (χ3n) is 5.52. The average molecular weight is 489 g/mol. The molecule has 0 fully saturated rings. The number of carbonyl (C=O) groups excluding carboxylic acids is 2. The zero-order valence-electron chi connectivity index (χ0n) is 19.3. The van der Waals surface area contributed by atoms with Gasteiger partial charge in [-0.2, -0.15) is 0 Å². The SMILES string of the molecule is CCOC(=O)c1c(NC(=O)CSc2nnc(-c3ccoc3C)n2C(C)C)sc2c1CCCC2. The van der Waals surface area contributed by atoms with Crippen LogP contribution in [0.4, 0.5) is 5.00 Å². The summed E-state index contributed by atoms with van der Waals surface area (Å²) in [6.07, 6.45) is 5.56. The van der Waals surface area contributed by atoms with Crippen LogP contribution in [0.1, 0.15) is 66.2 Å². The van der Waals surface area contributed by atoms with Crippen LogP contribution in [0.2, 0.25) is 0 Å². The quantitative estimate of drug-likeness (QED) is 0.340. The lowest BCUT2D eigenvalue weighted by molar-refractivity contribution is -0.113. The lowest BCUT2D eigenvalue weighted by atomic mass is 9.95. The second kappa shape index (κ2) is 10.1. The Hall–Kier alpha value is -2.59. The molecule has 0 spiro atoms. The monoisotopic (exact) mass is 488 g/mol. The molecular weight excluding hydrogens is 460 g/mol. The zero-order valence-corrected chi connectivity index (χ0v) is 20.9. The van der Waals surface area contributed by atoms with Gasteiger partial charge in [-0.25, -0.2) is 4.79 Å². The fourth-order valence-corrected chi connectivity index (χ4v) is 6.17. The van der Waals surface area contributed by atoms with Crippen molar-refractivity contribution in [2.45, 2.75) is 64.6 Å². The van der Waals surface area contributed by atoms with Gasteiger partial charge in [0.25, 0.3) is 0 Å². The summed E-state index contributed by atoms with van der Waals surface area (Å²) in [4.78, 5) is 26.6. The number of aryl methyl sites for hydroxylation is 2. The first-order valence-corrected chi connectivity index (χ1v) is 12.9. The van der Waals surface area contributed by atoms with Crippen molar-refractivity contribution < 1.29 is 18.7 Å². The van der Waals surface area contributed by atoms with E-state index in [-0.39, 0.29) is 23.7 Å². The highest BCUT2D eigenvalue weighted by molar-refractivity contribution is 7.99. The van der Waals surface area contributed by atoms with Gasteiger partial charge in [-0.3, -0.25) is 9.36 Å². The fraction of sp³-hybridized carbons (Fsp3) is 0.478. The Morgan fingerprint density at radius 3 is 2.79 bits per heavy atom. The molecule has 10 heteroatoms. The van der Waals surface area contributed by atoms with Crippen molar-refractivity contribution in [1.29, 1.82) is 0 Å². The van der Waals surface area contributed by atoms with Gasteiger partial charge in [-0.1, -0.05) is 11.8 Å². The van der Waals surface area contributed by atoms with Gasteiger partial charge in [0, 0.05) is 10.9 Å². The Kier molecular flexibility index (Phi) is 7.23. The second-order valence-corrected chi connectivity index (χ2v) is 10.2. The summed E-state index contributed by atoms with van der Waals surface area (Å²) in [6.45, 7) is 8.07. The number of hydrogen-bond acceptors (Lipinski definition) is 8. The number of fused-ring (bicyclic) bond motifs is 1. The number of furan rings is 1. The van der Waals surface area contributed by atoms with Gasteiger partial charge in [0.1, 0.15) is 10.8 Å². The molecule has 0 atom stereocenters. The Bertz CT molecular complexity index is 1160. The van der Waals surface area contributed by atoms with Crippen molar-refractivity contribution >= 4 is 40.0 Å². The maximum absolute atomic E-state index is 12.9. The van der Waals surface area contributed by atoms with Crippen molar-refractivity contribution in [3.05, 3.63) is 34.1 Å². The topological polar surface area (TPSA) is 99.2 Å². The van der Waals surface area contributed by atoms with Gasteiger partial charge >= 0.3 is 5.97 Å². The summed E-state index contributed by atoms with van der Waals surface area (Å²) < 4.78 is 12.7. The van der Waals surface area contributed by atoms with Crippen molar-refractivity contribution in [3.63, 3.8) is 0 Å². The summed E-state index contributed by atoms with van der Waals surface area (Å²) in [5, 5.41) is 12.9. The van der Waals surface area contributed by atoms with E-state index >= 15 is 0 Å². The number of thiophene rings is 1. The largest absolute Gasteiger partial charge is 0.469 e. The number of thioether (sulfide) groups is 1. The molecule has 0 unspecified atom stereocenters. The molecule has 0 aromatic carbocycles. The van der Waals surface area contributed by atoms with E-state index in [1.165, 1.54) is 28.0 Å². The van der Waals surface area contributed by atoms with E-state index in [2.05, 4.69) is 15.5 Å². The normalized spacial score (nSPS) is 13.2. The number of esters is 1. The molecule has 3 aromatic heterocycles. The van der Waals surface area contributed by atoms with Crippen LogP contribution in [-0.4, -0.2) is 39.0 Å². The summed E-state index contributed by atoms with van der Waals surface area (Å²) in [5.74, 6) is 1.09. The van der Waals surface area contributed by atoms with E-state index in [1.807, 2.05) is 31.4 Å². The third kappa shape index (κ3) is 4.86. The predicted molar refractivity (Wildman–Crippen MR) is 129 cm³/mol. The second-order valence-electron chi connectivity index (χ2n) is 8.13. The third-order valence-corrected chi connectivity index (χ3v) is 7.67. The van der Waals surface area contributed by atoms with E-state index in [0.717, 1.165) is 48.4 Å². The van der Waals surface area contributed by atoms with Crippen LogP contribution in [0, 0.1) is 6.92 Å². The highest BCUT2D eigenvalue weighted by atomic mass is 32.2. The minimum atomic E-state index is -0.362. The van der Waals surface area contributed by atoms with Gasteiger partial charge in [0.2, 0.25) is 5.91 Å². The van der Waals surface area contributed by atoms with E-state index in [1.54, 1.807) is 13.2 Å². The van der Waals surface area contributed by atoms with Crippen molar-refractivity contribution in [3.8, 4) is 11.4 Å². The molecule has 0 saturated heterocycles. The number of ether oxygens (including phenoxy) is 1. The molecule has 1 aliphatic rings. The number of aromatic nitrogens is 3. The minimum Gasteiger partial charge on any atom is -0.469 e. The lowest BCUT2D eigenvalue weighted by Crippen LogP contribution is -2.17. The van der Waals surface area contributed by atoms with E-state index < -0.39 is 0 Å². The van der Waals surface area contributed by atoms with Gasteiger partial charge < -0.3 is 14.5 Å². The van der Waals surface area contributed by atoms with Crippen LogP contribution in [0.25, 0.3) is 11.4 Å². The van der Waals surface area contributed by atoms with E-state index in [0.29, 0.717) is 22.3 Å². The van der Waals surface area contributed by atoms with Crippen LogP contribution in [0.15, 0.2) is 21.9 Å². The number of nitrogens with one attached hydrogen (secondary N) is 1. The fourth-order valence-electron chi connectivity index (χ4n) is 4.01. The Labute approximate surface area is 201 Å². The molecule has 33 heavy (non-hydrogen) atoms. The molecule has 1 N–H and O–H groups in total. The summed E-state index contributed by atoms with van der Waals surface area (Å²) in [7, 11) is 0. The molecule has 0 aliphatic heterocycles. The first-order chi connectivity index (χ1) is 15.9. The smallest absolute Gasteiger partial charge is 0.341 e. The van der Waals surface area contributed by atoms with Crippen LogP contribution in [-0.2, 0) is 22.4 Å². The molecule has 3 heterocycles. The maximum Gasteiger partial charge on any atom is 0.341 e. The number of rotatable bonds is 8. The lowest BCUT2D eigenvalue weighted by Gasteiger charge is -2.13. The first-order valence-electron chi connectivity index (χ1n) is 11.1. The van der Waals surface area contributed by atoms with Gasteiger partial charge in [0.05, 0.1) is 29.7 Å². The Morgan fingerprint density at radius 2 is 2.09 bits per heavy atom. The molecule has 4 rings (SSSR count). The first kappa shape index (κ1) is 23.6. The molecule has 1 aliphatic carbocycles. The number of nitrogens with zero attached hydrogens (tertiary/aromatic N) is 3. The highest BCUT2D eigenvalue weighted by Gasteiger charge is 2.27. The molecule has 8 nitrogen and oxygen atoms in total. The zero-order chi connectivity index (χ0) is 23.5.